The van der Waals surface area contributed by atoms with Crippen molar-refractivity contribution in [1.29, 1.82) is 0 Å². The number of fused-ring (bicyclic) bond motifs is 1. The van der Waals surface area contributed by atoms with E-state index in [1.54, 1.807) is 0 Å². The van der Waals surface area contributed by atoms with Crippen LogP contribution in [0.15, 0.2) is 15.9 Å². The molecule has 1 saturated heterocycles. The highest BCUT2D eigenvalue weighted by Gasteiger charge is 2.38. The lowest BCUT2D eigenvalue weighted by Crippen LogP contribution is -2.38. The van der Waals surface area contributed by atoms with Gasteiger partial charge in [-0.25, -0.2) is 0 Å². The molecule has 4 heteroatoms. The Balaban J connectivity index is 1.63. The largest absolute Gasteiger partial charge is 0.327 e. The SMILES string of the molecule is NC1CCCC2CN(Cc3cc(Br)cs3)CC12. The average molecular weight is 315 g/mol. The first-order chi connectivity index (χ1) is 8.22. The molecular formula is C13H19BrN2S. The summed E-state index contributed by atoms with van der Waals surface area (Å²) < 4.78 is 1.21. The van der Waals surface area contributed by atoms with Gasteiger partial charge in [-0.15, -0.1) is 11.3 Å². The minimum Gasteiger partial charge on any atom is -0.327 e. The van der Waals surface area contributed by atoms with Gasteiger partial charge in [-0.3, -0.25) is 4.90 Å². The molecule has 0 radical (unpaired) electrons. The van der Waals surface area contributed by atoms with Crippen molar-refractivity contribution in [3.8, 4) is 0 Å². The summed E-state index contributed by atoms with van der Waals surface area (Å²) in [7, 11) is 0. The second-order valence-electron chi connectivity index (χ2n) is 5.44. The molecule has 3 atom stereocenters. The Morgan fingerprint density at radius 2 is 2.29 bits per heavy atom. The van der Waals surface area contributed by atoms with E-state index in [1.165, 1.54) is 41.7 Å². The van der Waals surface area contributed by atoms with E-state index in [1.807, 2.05) is 11.3 Å². The van der Waals surface area contributed by atoms with Crippen LogP contribution in [0.4, 0.5) is 0 Å². The molecule has 0 spiro atoms. The molecule has 94 valence electrons. The van der Waals surface area contributed by atoms with Crippen LogP contribution in [0.1, 0.15) is 24.1 Å². The molecule has 1 saturated carbocycles. The first-order valence-corrected chi connectivity index (χ1v) is 8.10. The smallest absolute Gasteiger partial charge is 0.0328 e. The number of hydrogen-bond donors (Lipinski definition) is 1. The first kappa shape index (κ1) is 12.2. The third-order valence-corrected chi connectivity index (χ3v) is 5.91. The Hall–Kier alpha value is 0.1000. The second kappa shape index (κ2) is 5.00. The molecule has 3 rings (SSSR count). The molecule has 0 bridgehead atoms. The van der Waals surface area contributed by atoms with Gasteiger partial charge in [-0.2, -0.15) is 0 Å². The van der Waals surface area contributed by atoms with Crippen molar-refractivity contribution in [3.63, 3.8) is 0 Å². The lowest BCUT2D eigenvalue weighted by Gasteiger charge is -2.29. The topological polar surface area (TPSA) is 29.3 Å². The molecule has 1 aliphatic heterocycles. The number of likely N-dealkylation sites (tertiary alicyclic amines) is 1. The Morgan fingerprint density at radius 3 is 3.00 bits per heavy atom. The highest BCUT2D eigenvalue weighted by molar-refractivity contribution is 9.10. The molecule has 2 aliphatic rings. The van der Waals surface area contributed by atoms with Crippen LogP contribution in [-0.4, -0.2) is 24.0 Å². The molecule has 1 aromatic rings. The van der Waals surface area contributed by atoms with Crippen LogP contribution in [0.5, 0.6) is 0 Å². The van der Waals surface area contributed by atoms with Crippen molar-refractivity contribution in [2.24, 2.45) is 17.6 Å². The van der Waals surface area contributed by atoms with Gasteiger partial charge in [0.05, 0.1) is 0 Å². The van der Waals surface area contributed by atoms with E-state index in [2.05, 4.69) is 32.3 Å². The van der Waals surface area contributed by atoms with Crippen molar-refractivity contribution < 1.29 is 0 Å². The van der Waals surface area contributed by atoms with Crippen molar-refractivity contribution in [2.45, 2.75) is 31.8 Å². The summed E-state index contributed by atoms with van der Waals surface area (Å²) in [6, 6.07) is 2.70. The van der Waals surface area contributed by atoms with Gasteiger partial charge in [-0.05, 0) is 46.7 Å². The summed E-state index contributed by atoms with van der Waals surface area (Å²) in [5.41, 5.74) is 6.25. The minimum absolute atomic E-state index is 0.453. The van der Waals surface area contributed by atoms with Gasteiger partial charge >= 0.3 is 0 Å². The number of nitrogens with two attached hydrogens (primary N) is 1. The van der Waals surface area contributed by atoms with Crippen LogP contribution >= 0.6 is 27.3 Å². The van der Waals surface area contributed by atoms with Crippen molar-refractivity contribution in [3.05, 3.63) is 20.8 Å². The summed E-state index contributed by atoms with van der Waals surface area (Å²) >= 11 is 5.37. The second-order valence-corrected chi connectivity index (χ2v) is 7.36. The number of halogens is 1. The van der Waals surface area contributed by atoms with Crippen LogP contribution < -0.4 is 5.73 Å². The summed E-state index contributed by atoms with van der Waals surface area (Å²) in [6.45, 7) is 3.57. The van der Waals surface area contributed by atoms with E-state index in [4.69, 9.17) is 5.73 Å². The van der Waals surface area contributed by atoms with E-state index in [-0.39, 0.29) is 0 Å². The molecule has 2 nitrogen and oxygen atoms in total. The van der Waals surface area contributed by atoms with Crippen LogP contribution in [0, 0.1) is 11.8 Å². The molecule has 3 unspecified atom stereocenters. The maximum atomic E-state index is 6.25. The van der Waals surface area contributed by atoms with Crippen LogP contribution in [0.3, 0.4) is 0 Å². The lowest BCUT2D eigenvalue weighted by molar-refractivity contribution is 0.259. The van der Waals surface area contributed by atoms with Crippen molar-refractivity contribution in [1.82, 2.24) is 4.90 Å². The lowest BCUT2D eigenvalue weighted by atomic mass is 9.78. The highest BCUT2D eigenvalue weighted by Crippen LogP contribution is 2.36. The molecule has 2 fully saturated rings. The molecule has 0 amide bonds. The van der Waals surface area contributed by atoms with E-state index in [9.17, 15) is 0 Å². The van der Waals surface area contributed by atoms with E-state index < -0.39 is 0 Å². The number of hydrogen-bond acceptors (Lipinski definition) is 3. The Labute approximate surface area is 115 Å². The van der Waals surface area contributed by atoms with Crippen molar-refractivity contribution >= 4 is 27.3 Å². The molecule has 2 heterocycles. The van der Waals surface area contributed by atoms with Crippen LogP contribution in [-0.2, 0) is 6.54 Å². The zero-order chi connectivity index (χ0) is 11.8. The number of thiophene rings is 1. The maximum Gasteiger partial charge on any atom is 0.0328 e. The van der Waals surface area contributed by atoms with Gasteiger partial charge in [0, 0.05) is 40.4 Å². The van der Waals surface area contributed by atoms with Crippen LogP contribution in [0.25, 0.3) is 0 Å². The summed E-state index contributed by atoms with van der Waals surface area (Å²) in [5.74, 6) is 1.62. The predicted molar refractivity (Wildman–Crippen MR) is 76.1 cm³/mol. The van der Waals surface area contributed by atoms with Gasteiger partial charge in [0.2, 0.25) is 0 Å². The quantitative estimate of drug-likeness (QED) is 0.909. The molecule has 17 heavy (non-hydrogen) atoms. The first-order valence-electron chi connectivity index (χ1n) is 6.43. The number of nitrogens with zero attached hydrogens (tertiary/aromatic N) is 1. The monoisotopic (exact) mass is 314 g/mol. The molecule has 1 aromatic heterocycles. The van der Waals surface area contributed by atoms with Gasteiger partial charge in [0.1, 0.15) is 0 Å². The van der Waals surface area contributed by atoms with Gasteiger partial charge in [-0.1, -0.05) is 6.42 Å². The summed E-state index contributed by atoms with van der Waals surface area (Å²) in [4.78, 5) is 4.06. The zero-order valence-electron chi connectivity index (χ0n) is 9.94. The van der Waals surface area contributed by atoms with Gasteiger partial charge < -0.3 is 5.73 Å². The third-order valence-electron chi connectivity index (χ3n) is 4.23. The maximum absolute atomic E-state index is 6.25. The Morgan fingerprint density at radius 1 is 1.41 bits per heavy atom. The fraction of sp³-hybridized carbons (Fsp3) is 0.692. The predicted octanol–water partition coefficient (Wildman–Crippen LogP) is 3.07. The molecule has 2 N–H and O–H groups in total. The minimum atomic E-state index is 0.453. The molecular weight excluding hydrogens is 296 g/mol. The summed E-state index contributed by atoms with van der Waals surface area (Å²) in [6.07, 6.45) is 3.96. The van der Waals surface area contributed by atoms with Crippen molar-refractivity contribution in [2.75, 3.05) is 13.1 Å². The number of rotatable bonds is 2. The molecule has 1 aliphatic carbocycles. The van der Waals surface area contributed by atoms with E-state index in [0.29, 0.717) is 6.04 Å². The zero-order valence-corrected chi connectivity index (χ0v) is 12.3. The van der Waals surface area contributed by atoms with E-state index in [0.717, 1.165) is 18.4 Å². The average Bonchev–Trinajstić information content (AvgIpc) is 2.86. The third kappa shape index (κ3) is 2.60. The fourth-order valence-corrected chi connectivity index (χ4v) is 4.89. The molecule has 0 aromatic carbocycles. The summed E-state index contributed by atoms with van der Waals surface area (Å²) in [5, 5.41) is 2.17. The normalized spacial score (nSPS) is 33.9. The Kier molecular flexibility index (Phi) is 3.57. The van der Waals surface area contributed by atoms with E-state index >= 15 is 0 Å². The highest BCUT2D eigenvalue weighted by atomic mass is 79.9. The standard InChI is InChI=1S/C13H19BrN2S/c14-10-4-11(17-8-10)6-16-5-9-2-1-3-13(15)12(9)7-16/h4,8-9,12-13H,1-3,5-7,15H2. The fourth-order valence-electron chi connectivity index (χ4n) is 3.40. The van der Waals surface area contributed by atoms with Gasteiger partial charge in [0.25, 0.3) is 0 Å². The van der Waals surface area contributed by atoms with Crippen LogP contribution in [0.2, 0.25) is 0 Å². The van der Waals surface area contributed by atoms with Gasteiger partial charge in [0.15, 0.2) is 0 Å². The Bertz CT molecular complexity index is 393.